The molecule has 1 saturated heterocycles. The monoisotopic (exact) mass is 394 g/mol. The van der Waals surface area contributed by atoms with Crippen LogP contribution in [-0.2, 0) is 33.8 Å². The lowest BCUT2D eigenvalue weighted by molar-refractivity contribution is -0.135. The van der Waals surface area contributed by atoms with E-state index in [2.05, 4.69) is 11.0 Å². The normalized spacial score (nSPS) is 16.9. The van der Waals surface area contributed by atoms with E-state index in [-0.39, 0.29) is 12.5 Å². The van der Waals surface area contributed by atoms with Crippen molar-refractivity contribution in [2.24, 2.45) is 0 Å². The molecule has 6 heteroatoms. The fourth-order valence-corrected chi connectivity index (χ4v) is 3.77. The summed E-state index contributed by atoms with van der Waals surface area (Å²) in [6.07, 6.45) is 0.834. The van der Waals surface area contributed by atoms with Gasteiger partial charge in [-0.05, 0) is 35.2 Å². The number of amides is 1. The Bertz CT molecular complexity index is 859. The van der Waals surface area contributed by atoms with Crippen LogP contribution in [0, 0.1) is 0 Å². The number of carbonyl (C=O) groups excluding carboxylic acids is 2. The van der Waals surface area contributed by atoms with Gasteiger partial charge < -0.3 is 14.4 Å². The molecule has 0 aliphatic carbocycles. The maximum absolute atomic E-state index is 12.5. The Morgan fingerprint density at radius 2 is 1.66 bits per heavy atom. The Morgan fingerprint density at radius 1 is 0.931 bits per heavy atom. The van der Waals surface area contributed by atoms with Crippen molar-refractivity contribution < 1.29 is 19.1 Å². The lowest BCUT2D eigenvalue weighted by Crippen LogP contribution is -2.38. The van der Waals surface area contributed by atoms with Crippen LogP contribution in [0.25, 0.3) is 0 Å². The van der Waals surface area contributed by atoms with Crippen molar-refractivity contribution in [3.05, 3.63) is 70.8 Å². The molecule has 2 heterocycles. The van der Waals surface area contributed by atoms with Crippen LogP contribution in [0.4, 0.5) is 0 Å². The fourth-order valence-electron chi connectivity index (χ4n) is 3.77. The first kappa shape index (κ1) is 19.6. The molecule has 0 saturated carbocycles. The number of esters is 1. The van der Waals surface area contributed by atoms with Gasteiger partial charge in [0.1, 0.15) is 0 Å². The maximum Gasteiger partial charge on any atom is 0.338 e. The first-order valence-corrected chi connectivity index (χ1v) is 10.1. The largest absolute Gasteiger partial charge is 0.452 e. The second kappa shape index (κ2) is 9.20. The van der Waals surface area contributed by atoms with Gasteiger partial charge in [0, 0.05) is 32.7 Å². The van der Waals surface area contributed by atoms with Gasteiger partial charge in [-0.1, -0.05) is 36.4 Å². The maximum atomic E-state index is 12.5. The molecule has 152 valence electrons. The molecular weight excluding hydrogens is 368 g/mol. The highest BCUT2D eigenvalue weighted by atomic mass is 16.5. The third kappa shape index (κ3) is 5.02. The minimum atomic E-state index is -0.464. The highest BCUT2D eigenvalue weighted by Gasteiger charge is 2.21. The summed E-state index contributed by atoms with van der Waals surface area (Å²) in [5.74, 6) is -0.620. The van der Waals surface area contributed by atoms with E-state index < -0.39 is 5.97 Å². The summed E-state index contributed by atoms with van der Waals surface area (Å²) in [6.45, 7) is 5.22. The minimum Gasteiger partial charge on any atom is -0.452 e. The van der Waals surface area contributed by atoms with E-state index in [1.165, 1.54) is 5.56 Å². The Kier molecular flexibility index (Phi) is 6.22. The molecule has 0 aromatic heterocycles. The number of carbonyl (C=O) groups is 2. The first-order valence-electron chi connectivity index (χ1n) is 10.1. The van der Waals surface area contributed by atoms with Crippen LogP contribution in [0.5, 0.6) is 0 Å². The summed E-state index contributed by atoms with van der Waals surface area (Å²) in [6, 6.07) is 15.5. The Hall–Kier alpha value is -2.70. The van der Waals surface area contributed by atoms with Crippen LogP contribution in [0.2, 0.25) is 0 Å². The van der Waals surface area contributed by atoms with E-state index in [4.69, 9.17) is 9.47 Å². The number of rotatable bonds is 5. The zero-order chi connectivity index (χ0) is 20.1. The molecule has 0 atom stereocenters. The summed E-state index contributed by atoms with van der Waals surface area (Å²) in [5, 5.41) is 0. The highest BCUT2D eigenvalue weighted by molar-refractivity contribution is 5.91. The molecular formula is C23H26N2O4. The summed E-state index contributed by atoms with van der Waals surface area (Å²) < 4.78 is 10.6. The number of benzene rings is 2. The van der Waals surface area contributed by atoms with Crippen molar-refractivity contribution in [3.63, 3.8) is 0 Å². The quantitative estimate of drug-likeness (QED) is 0.728. The van der Waals surface area contributed by atoms with Crippen LogP contribution >= 0.6 is 0 Å². The Morgan fingerprint density at radius 3 is 2.41 bits per heavy atom. The van der Waals surface area contributed by atoms with Gasteiger partial charge in [-0.3, -0.25) is 9.69 Å². The van der Waals surface area contributed by atoms with E-state index in [0.717, 1.165) is 50.4 Å². The summed E-state index contributed by atoms with van der Waals surface area (Å²) >= 11 is 0. The standard InChI is InChI=1S/C23H26N2O4/c26-22(25-10-9-19-3-1-2-4-21(19)16-25)17-29-23(27)20-7-5-18(6-8-20)15-24-11-13-28-14-12-24/h1-8H,9-17H2. The van der Waals surface area contributed by atoms with Crippen LogP contribution in [-0.4, -0.2) is 61.1 Å². The molecule has 1 amide bonds. The average molecular weight is 394 g/mol. The molecule has 2 aliphatic heterocycles. The second-order valence-corrected chi connectivity index (χ2v) is 7.50. The topological polar surface area (TPSA) is 59.1 Å². The molecule has 4 rings (SSSR count). The van der Waals surface area contributed by atoms with E-state index in [9.17, 15) is 9.59 Å². The summed E-state index contributed by atoms with van der Waals surface area (Å²) in [4.78, 5) is 28.8. The van der Waals surface area contributed by atoms with Gasteiger partial charge in [0.25, 0.3) is 5.91 Å². The minimum absolute atomic E-state index is 0.156. The first-order chi connectivity index (χ1) is 14.2. The van der Waals surface area contributed by atoms with Crippen molar-refractivity contribution in [2.45, 2.75) is 19.5 Å². The van der Waals surface area contributed by atoms with E-state index >= 15 is 0 Å². The van der Waals surface area contributed by atoms with Crippen molar-refractivity contribution >= 4 is 11.9 Å². The average Bonchev–Trinajstić information content (AvgIpc) is 2.78. The molecule has 2 aliphatic rings. The molecule has 0 radical (unpaired) electrons. The van der Waals surface area contributed by atoms with Gasteiger partial charge in [-0.15, -0.1) is 0 Å². The molecule has 1 fully saturated rings. The van der Waals surface area contributed by atoms with Gasteiger partial charge in [0.15, 0.2) is 6.61 Å². The van der Waals surface area contributed by atoms with E-state index in [0.29, 0.717) is 18.7 Å². The fraction of sp³-hybridized carbons (Fsp3) is 0.391. The number of hydrogen-bond acceptors (Lipinski definition) is 5. The van der Waals surface area contributed by atoms with Gasteiger partial charge in [-0.25, -0.2) is 4.79 Å². The lowest BCUT2D eigenvalue weighted by atomic mass is 10.00. The number of fused-ring (bicyclic) bond motifs is 1. The molecule has 0 spiro atoms. The van der Waals surface area contributed by atoms with Crippen molar-refractivity contribution in [1.29, 1.82) is 0 Å². The van der Waals surface area contributed by atoms with Crippen molar-refractivity contribution in [3.8, 4) is 0 Å². The predicted molar refractivity (Wildman–Crippen MR) is 108 cm³/mol. The zero-order valence-electron chi connectivity index (χ0n) is 16.5. The third-order valence-corrected chi connectivity index (χ3v) is 5.51. The van der Waals surface area contributed by atoms with Gasteiger partial charge >= 0.3 is 5.97 Å². The molecule has 0 N–H and O–H groups in total. The van der Waals surface area contributed by atoms with Crippen LogP contribution in [0.1, 0.15) is 27.0 Å². The van der Waals surface area contributed by atoms with Crippen LogP contribution in [0.3, 0.4) is 0 Å². The summed E-state index contributed by atoms with van der Waals surface area (Å²) in [5.41, 5.74) is 4.05. The lowest BCUT2D eigenvalue weighted by Gasteiger charge is -2.28. The number of morpholine rings is 1. The van der Waals surface area contributed by atoms with E-state index in [1.54, 1.807) is 17.0 Å². The highest BCUT2D eigenvalue weighted by Crippen LogP contribution is 2.18. The second-order valence-electron chi connectivity index (χ2n) is 7.50. The van der Waals surface area contributed by atoms with Crippen LogP contribution < -0.4 is 0 Å². The smallest absolute Gasteiger partial charge is 0.338 e. The van der Waals surface area contributed by atoms with Gasteiger partial charge in [-0.2, -0.15) is 0 Å². The molecule has 0 bridgehead atoms. The molecule has 2 aromatic carbocycles. The number of hydrogen-bond donors (Lipinski definition) is 0. The van der Waals surface area contributed by atoms with Crippen molar-refractivity contribution in [1.82, 2.24) is 9.80 Å². The molecule has 6 nitrogen and oxygen atoms in total. The molecule has 2 aromatic rings. The van der Waals surface area contributed by atoms with Gasteiger partial charge in [0.2, 0.25) is 0 Å². The SMILES string of the molecule is O=C(OCC(=O)N1CCc2ccccc2C1)c1ccc(CN2CCOCC2)cc1. The van der Waals surface area contributed by atoms with Gasteiger partial charge in [0.05, 0.1) is 18.8 Å². The molecule has 29 heavy (non-hydrogen) atoms. The Balaban J connectivity index is 1.26. The van der Waals surface area contributed by atoms with Crippen LogP contribution in [0.15, 0.2) is 48.5 Å². The van der Waals surface area contributed by atoms with Crippen molar-refractivity contribution in [2.75, 3.05) is 39.5 Å². The number of nitrogens with zero attached hydrogens (tertiary/aromatic N) is 2. The predicted octanol–water partition coefficient (Wildman–Crippen LogP) is 2.26. The molecule has 0 unspecified atom stereocenters. The number of ether oxygens (including phenoxy) is 2. The van der Waals surface area contributed by atoms with E-state index in [1.807, 2.05) is 30.3 Å². The summed E-state index contributed by atoms with van der Waals surface area (Å²) in [7, 11) is 0. The zero-order valence-corrected chi connectivity index (χ0v) is 16.5. The third-order valence-electron chi connectivity index (χ3n) is 5.51. The Labute approximate surface area is 171 Å².